The van der Waals surface area contributed by atoms with E-state index in [-0.39, 0.29) is 11.6 Å². The van der Waals surface area contributed by atoms with Gasteiger partial charge in [0.05, 0.1) is 6.07 Å². The van der Waals surface area contributed by atoms with Crippen LogP contribution in [-0.4, -0.2) is 17.1 Å². The third kappa shape index (κ3) is 3.24. The zero-order valence-corrected chi connectivity index (χ0v) is 13.1. The van der Waals surface area contributed by atoms with Crippen molar-refractivity contribution in [2.45, 2.75) is 56.6 Å². The van der Waals surface area contributed by atoms with Gasteiger partial charge in [0.1, 0.15) is 6.10 Å². The summed E-state index contributed by atoms with van der Waals surface area (Å²) in [6.07, 6.45) is 11.9. The van der Waals surface area contributed by atoms with Crippen molar-refractivity contribution in [2.75, 3.05) is 6.54 Å². The second-order valence-electron chi connectivity index (χ2n) is 6.42. The molecule has 0 spiro atoms. The molecule has 0 aliphatic carbocycles. The fourth-order valence-electron chi connectivity index (χ4n) is 3.86. The third-order valence-electron chi connectivity index (χ3n) is 4.98. The number of rotatable bonds is 5. The van der Waals surface area contributed by atoms with Crippen molar-refractivity contribution in [3.8, 4) is 6.07 Å². The van der Waals surface area contributed by atoms with E-state index in [9.17, 15) is 0 Å². The van der Waals surface area contributed by atoms with Crippen molar-refractivity contribution >= 4 is 0 Å². The predicted molar refractivity (Wildman–Crippen MR) is 86.8 cm³/mol. The van der Waals surface area contributed by atoms with Crippen LogP contribution in [0.15, 0.2) is 42.5 Å². The zero-order valence-electron chi connectivity index (χ0n) is 13.1. The van der Waals surface area contributed by atoms with Gasteiger partial charge >= 0.3 is 0 Å². The fourth-order valence-corrected chi connectivity index (χ4v) is 3.86. The standard InChI is InChI=1S/C19H24N2O/c20-14-8-2-1-6-12-19-13-7-9-15-21(19)22-18(16-19)17-10-4-3-5-11-17/h2-5,8,10-11,18H,1,6-7,9,12-13,15-16H2/b8-2-/t18-,19+/m1/s1. The largest absolute Gasteiger partial charge is 0.290 e. The molecule has 2 heterocycles. The highest BCUT2D eigenvalue weighted by molar-refractivity contribution is 5.19. The second kappa shape index (κ2) is 7.09. The molecule has 0 radical (unpaired) electrons. The Morgan fingerprint density at radius 3 is 3.00 bits per heavy atom. The lowest BCUT2D eigenvalue weighted by Gasteiger charge is -2.40. The summed E-state index contributed by atoms with van der Waals surface area (Å²) in [5, 5.41) is 10.8. The Balaban J connectivity index is 1.67. The molecule has 2 aliphatic rings. The first-order chi connectivity index (χ1) is 10.8. The van der Waals surface area contributed by atoms with Crippen molar-refractivity contribution in [3.05, 3.63) is 48.0 Å². The Labute approximate surface area is 133 Å². The molecule has 3 nitrogen and oxygen atoms in total. The highest BCUT2D eigenvalue weighted by Crippen LogP contribution is 2.47. The van der Waals surface area contributed by atoms with E-state index in [4.69, 9.17) is 10.1 Å². The number of allylic oxidation sites excluding steroid dienone is 2. The normalized spacial score (nSPS) is 28.6. The van der Waals surface area contributed by atoms with E-state index in [0.717, 1.165) is 32.2 Å². The van der Waals surface area contributed by atoms with E-state index in [0.29, 0.717) is 0 Å². The number of fused-ring (bicyclic) bond motifs is 1. The summed E-state index contributed by atoms with van der Waals surface area (Å²) >= 11 is 0. The first-order valence-corrected chi connectivity index (χ1v) is 8.38. The van der Waals surface area contributed by atoms with Gasteiger partial charge in [0.2, 0.25) is 0 Å². The van der Waals surface area contributed by atoms with Crippen molar-refractivity contribution in [3.63, 3.8) is 0 Å². The van der Waals surface area contributed by atoms with Gasteiger partial charge in [-0.1, -0.05) is 42.8 Å². The van der Waals surface area contributed by atoms with Crippen molar-refractivity contribution in [1.29, 1.82) is 5.26 Å². The minimum Gasteiger partial charge on any atom is -0.290 e. The number of hydrogen-bond acceptors (Lipinski definition) is 3. The summed E-state index contributed by atoms with van der Waals surface area (Å²) in [5.41, 5.74) is 1.50. The van der Waals surface area contributed by atoms with Gasteiger partial charge in [-0.2, -0.15) is 10.3 Å². The number of unbranched alkanes of at least 4 members (excludes halogenated alkanes) is 1. The van der Waals surface area contributed by atoms with Gasteiger partial charge in [0.15, 0.2) is 0 Å². The first kappa shape index (κ1) is 15.3. The lowest BCUT2D eigenvalue weighted by atomic mass is 9.79. The van der Waals surface area contributed by atoms with Crippen LogP contribution in [0.3, 0.4) is 0 Å². The van der Waals surface area contributed by atoms with Crippen molar-refractivity contribution < 1.29 is 4.84 Å². The molecule has 0 unspecified atom stereocenters. The summed E-state index contributed by atoms with van der Waals surface area (Å²) in [6.45, 7) is 1.05. The number of hydroxylamine groups is 2. The molecule has 3 heteroatoms. The van der Waals surface area contributed by atoms with Gasteiger partial charge in [-0.3, -0.25) is 4.84 Å². The van der Waals surface area contributed by atoms with Crippen LogP contribution in [0.2, 0.25) is 0 Å². The van der Waals surface area contributed by atoms with E-state index in [1.165, 1.54) is 24.8 Å². The van der Waals surface area contributed by atoms with E-state index >= 15 is 0 Å². The molecule has 0 saturated carbocycles. The Bertz CT molecular complexity index is 548. The van der Waals surface area contributed by atoms with Gasteiger partial charge in [0, 0.05) is 24.6 Å². The molecule has 0 N–H and O–H groups in total. The maximum Gasteiger partial charge on any atom is 0.106 e. The number of benzene rings is 1. The van der Waals surface area contributed by atoms with Crippen molar-refractivity contribution in [2.24, 2.45) is 0 Å². The van der Waals surface area contributed by atoms with Crippen LogP contribution >= 0.6 is 0 Å². The van der Waals surface area contributed by atoms with E-state index in [2.05, 4.69) is 41.5 Å². The number of nitriles is 1. The average Bonchev–Trinajstić information content (AvgIpc) is 2.95. The molecule has 0 amide bonds. The van der Waals surface area contributed by atoms with Crippen molar-refractivity contribution in [1.82, 2.24) is 5.06 Å². The molecule has 1 aromatic rings. The van der Waals surface area contributed by atoms with Gasteiger partial charge in [-0.25, -0.2) is 0 Å². The number of hydrogen-bond donors (Lipinski definition) is 0. The summed E-state index contributed by atoms with van der Waals surface area (Å²) in [7, 11) is 0. The lowest BCUT2D eigenvalue weighted by molar-refractivity contribution is -0.202. The number of nitrogens with zero attached hydrogens (tertiary/aromatic N) is 2. The summed E-state index contributed by atoms with van der Waals surface area (Å²) in [4.78, 5) is 6.30. The molecule has 0 aromatic heterocycles. The van der Waals surface area contributed by atoms with E-state index < -0.39 is 0 Å². The molecular weight excluding hydrogens is 272 g/mol. The maximum atomic E-state index is 8.56. The topological polar surface area (TPSA) is 36.3 Å². The van der Waals surface area contributed by atoms with Crippen LogP contribution in [0.25, 0.3) is 0 Å². The lowest BCUT2D eigenvalue weighted by Crippen LogP contribution is -2.46. The van der Waals surface area contributed by atoms with Gasteiger partial charge in [-0.15, -0.1) is 0 Å². The maximum absolute atomic E-state index is 8.56. The van der Waals surface area contributed by atoms with Crippen LogP contribution in [0.4, 0.5) is 0 Å². The summed E-state index contributed by atoms with van der Waals surface area (Å²) < 4.78 is 0. The average molecular weight is 296 g/mol. The second-order valence-corrected chi connectivity index (χ2v) is 6.42. The predicted octanol–water partition coefficient (Wildman–Crippen LogP) is 4.54. The van der Waals surface area contributed by atoms with E-state index in [1.807, 2.05) is 6.08 Å². The van der Waals surface area contributed by atoms with Crippen LogP contribution in [0.5, 0.6) is 0 Å². The van der Waals surface area contributed by atoms with Crippen LogP contribution in [0, 0.1) is 11.3 Å². The van der Waals surface area contributed by atoms with E-state index in [1.54, 1.807) is 6.08 Å². The molecule has 3 rings (SSSR count). The molecular formula is C19H24N2O. The molecule has 1 aromatic carbocycles. The highest BCUT2D eigenvalue weighted by atomic mass is 16.7. The zero-order chi connectivity index (χ0) is 15.3. The number of piperidine rings is 1. The molecule has 22 heavy (non-hydrogen) atoms. The SMILES string of the molecule is N#C/C=C\CCC[C@@]12CCCCN1O[C@@H](c1ccccc1)C2. The Morgan fingerprint density at radius 2 is 2.18 bits per heavy atom. The third-order valence-corrected chi connectivity index (χ3v) is 4.98. The van der Waals surface area contributed by atoms with Gasteiger partial charge in [-0.05, 0) is 37.7 Å². The quantitative estimate of drug-likeness (QED) is 0.591. The fraction of sp³-hybridized carbons (Fsp3) is 0.526. The minimum absolute atomic E-state index is 0.203. The Hall–Kier alpha value is -1.63. The molecule has 2 atom stereocenters. The smallest absolute Gasteiger partial charge is 0.106 e. The Morgan fingerprint density at radius 1 is 1.32 bits per heavy atom. The minimum atomic E-state index is 0.203. The van der Waals surface area contributed by atoms with Crippen LogP contribution in [-0.2, 0) is 4.84 Å². The van der Waals surface area contributed by atoms with Crippen LogP contribution in [0.1, 0.15) is 56.6 Å². The summed E-state index contributed by atoms with van der Waals surface area (Å²) in [6, 6.07) is 12.7. The van der Waals surface area contributed by atoms with Gasteiger partial charge in [0.25, 0.3) is 0 Å². The van der Waals surface area contributed by atoms with Gasteiger partial charge < -0.3 is 0 Å². The molecule has 2 fully saturated rings. The Kier molecular flexibility index (Phi) is 4.92. The molecule has 2 aliphatic heterocycles. The van der Waals surface area contributed by atoms with Crippen LogP contribution < -0.4 is 0 Å². The highest BCUT2D eigenvalue weighted by Gasteiger charge is 2.47. The molecule has 0 bridgehead atoms. The first-order valence-electron chi connectivity index (χ1n) is 8.38. The summed E-state index contributed by atoms with van der Waals surface area (Å²) in [5.74, 6) is 0. The molecule has 116 valence electrons. The molecule has 2 saturated heterocycles. The monoisotopic (exact) mass is 296 g/mol.